The van der Waals surface area contributed by atoms with Crippen molar-refractivity contribution < 1.29 is 19.1 Å². The summed E-state index contributed by atoms with van der Waals surface area (Å²) >= 11 is 20.0. The first-order chi connectivity index (χ1) is 40.1. The minimum Gasteiger partial charge on any atom is -0.444 e. The van der Waals surface area contributed by atoms with Crippen LogP contribution in [0.15, 0.2) is 156 Å². The number of ether oxygens (including phenoxy) is 1. The molecule has 2 aliphatic carbocycles. The summed E-state index contributed by atoms with van der Waals surface area (Å²) in [4.78, 5) is 65.2. The monoisotopic (exact) mass is 1280 g/mol. The molecule has 0 saturated carbocycles. The van der Waals surface area contributed by atoms with E-state index in [-0.39, 0.29) is 29.9 Å². The zero-order chi connectivity index (χ0) is 57.8. The Morgan fingerprint density at radius 1 is 0.639 bits per heavy atom. The lowest BCUT2D eigenvalue weighted by atomic mass is 9.95. The van der Waals surface area contributed by atoms with Crippen LogP contribution >= 0.6 is 55.1 Å². The lowest BCUT2D eigenvalue weighted by Gasteiger charge is -2.44. The van der Waals surface area contributed by atoms with Gasteiger partial charge < -0.3 is 29.8 Å². The summed E-state index contributed by atoms with van der Waals surface area (Å²) < 4.78 is 11.6. The van der Waals surface area contributed by atoms with E-state index in [9.17, 15) is 14.4 Å². The smallest absolute Gasteiger partial charge is 0.411 e. The summed E-state index contributed by atoms with van der Waals surface area (Å²) in [5.41, 5.74) is 12.0. The molecule has 428 valence electrons. The highest BCUT2D eigenvalue weighted by atomic mass is 79.9. The summed E-state index contributed by atoms with van der Waals surface area (Å²) in [7, 11) is 0. The van der Waals surface area contributed by atoms with Crippen LogP contribution in [0.4, 0.5) is 16.2 Å². The summed E-state index contributed by atoms with van der Waals surface area (Å²) in [5, 5.41) is 11.1. The number of pyridine rings is 2. The van der Waals surface area contributed by atoms with Crippen LogP contribution in [0, 0.1) is 0 Å². The van der Waals surface area contributed by atoms with Gasteiger partial charge in [0.1, 0.15) is 11.6 Å². The van der Waals surface area contributed by atoms with Crippen LogP contribution in [-0.4, -0.2) is 119 Å². The number of benzene rings is 4. The van der Waals surface area contributed by atoms with Gasteiger partial charge in [-0.25, -0.2) is 14.8 Å². The number of amides is 3. The van der Waals surface area contributed by atoms with Crippen molar-refractivity contribution in [3.63, 3.8) is 0 Å². The van der Waals surface area contributed by atoms with E-state index in [0.717, 1.165) is 91.1 Å². The third-order valence-electron chi connectivity index (χ3n) is 15.4. The predicted molar refractivity (Wildman–Crippen MR) is 330 cm³/mol. The average molecular weight is 1280 g/mol. The first kappa shape index (κ1) is 58.0. The number of imidazole rings is 2. The van der Waals surface area contributed by atoms with Gasteiger partial charge in [-0.1, -0.05) is 59.6 Å². The molecule has 4 aliphatic rings. The van der Waals surface area contributed by atoms with Crippen molar-refractivity contribution in [2.45, 2.75) is 89.3 Å². The molecule has 4 aromatic carbocycles. The molecule has 2 aliphatic heterocycles. The van der Waals surface area contributed by atoms with Crippen molar-refractivity contribution in [1.82, 2.24) is 49.1 Å². The quantitative estimate of drug-likeness (QED) is 0.119. The second-order valence-electron chi connectivity index (χ2n) is 22.4. The van der Waals surface area contributed by atoms with Gasteiger partial charge in [0.2, 0.25) is 11.8 Å². The van der Waals surface area contributed by atoms with E-state index in [0.29, 0.717) is 56.5 Å². The van der Waals surface area contributed by atoms with Gasteiger partial charge in [0.15, 0.2) is 0 Å². The lowest BCUT2D eigenvalue weighted by molar-refractivity contribution is -0.124. The fourth-order valence-electron chi connectivity index (χ4n) is 11.7. The Morgan fingerprint density at radius 3 is 1.67 bits per heavy atom. The van der Waals surface area contributed by atoms with Crippen LogP contribution in [-0.2, 0) is 53.1 Å². The second-order valence-corrected chi connectivity index (χ2v) is 25.1. The molecule has 2 fully saturated rings. The molecule has 0 spiro atoms. The number of hydrogen-bond donors (Lipinski definition) is 3. The molecule has 16 nitrogen and oxygen atoms in total. The molecule has 4 aromatic heterocycles. The van der Waals surface area contributed by atoms with Crippen molar-refractivity contribution in [3.05, 3.63) is 222 Å². The van der Waals surface area contributed by atoms with Crippen molar-refractivity contribution in [1.29, 1.82) is 0 Å². The van der Waals surface area contributed by atoms with Gasteiger partial charge in [-0.05, 0) is 183 Å². The molecule has 20 heteroatoms. The van der Waals surface area contributed by atoms with Crippen LogP contribution in [0.3, 0.4) is 0 Å². The maximum Gasteiger partial charge on any atom is 0.411 e. The van der Waals surface area contributed by atoms with Crippen molar-refractivity contribution in [3.8, 4) is 0 Å². The van der Waals surface area contributed by atoms with E-state index in [2.05, 4.69) is 104 Å². The first-order valence-corrected chi connectivity index (χ1v) is 30.2. The van der Waals surface area contributed by atoms with Crippen LogP contribution in [0.2, 0.25) is 10.0 Å². The van der Waals surface area contributed by atoms with E-state index in [4.69, 9.17) is 37.9 Å². The number of aromatic nitrogens is 6. The van der Waals surface area contributed by atoms with Gasteiger partial charge in [0.05, 0.1) is 42.2 Å². The maximum atomic E-state index is 14.1. The third-order valence-corrected chi connectivity index (χ3v) is 16.8. The summed E-state index contributed by atoms with van der Waals surface area (Å²) in [5.74, 6) is -0.317. The van der Waals surface area contributed by atoms with E-state index in [1.807, 2.05) is 115 Å². The molecule has 6 heterocycles. The normalized spacial score (nSPS) is 18.9. The molecule has 0 radical (unpaired) electrons. The van der Waals surface area contributed by atoms with Gasteiger partial charge in [-0.15, -0.1) is 0 Å². The van der Waals surface area contributed by atoms with E-state index < -0.39 is 17.7 Å². The van der Waals surface area contributed by atoms with Crippen LogP contribution in [0.5, 0.6) is 0 Å². The Morgan fingerprint density at radius 2 is 1.16 bits per heavy atom. The molecule has 3 N–H and O–H groups in total. The molecule has 3 amide bonds. The fourth-order valence-corrected chi connectivity index (χ4v) is 12.8. The molecule has 4 atom stereocenters. The summed E-state index contributed by atoms with van der Waals surface area (Å²) in [6, 6.07) is 30.8. The standard InChI is InChI=1S/C34H36BrClN6O3.C29H28BrClN6O/c1-34(2,3)45-33(44)42-14-13-41(20-29(42)32(43)39-27-6-4-5-22(15-27)19-40-12-11-37-21-40)31-28-10-9-26(36)17-23(28)7-8-24-16-25(35)18-38-30(24)31;30-22-13-21-5-4-20-14-23(31)6-7-25(20)28(27(21)34-15-22)37-11-9-33-26(17-37)29(38)35-24-3-1-2-19(12-24)16-36-10-8-32-18-36/h4-6,9-12,15-18,21,29,31H,7-8,13-14,19-20H2,1-3H3,(H,39,43);1-3,6-8,10,12-15,18,26,28,33H,4-5,9,11,16-17H2,(H,35,38). The van der Waals surface area contributed by atoms with Crippen molar-refractivity contribution in [2.75, 3.05) is 49.9 Å². The highest BCUT2D eigenvalue weighted by Gasteiger charge is 2.42. The topological polar surface area (TPSA) is 168 Å². The maximum absolute atomic E-state index is 14.1. The van der Waals surface area contributed by atoms with Crippen LogP contribution in [0.25, 0.3) is 0 Å². The van der Waals surface area contributed by atoms with E-state index >= 15 is 0 Å². The van der Waals surface area contributed by atoms with Crippen molar-refractivity contribution in [2.24, 2.45) is 0 Å². The highest BCUT2D eigenvalue weighted by molar-refractivity contribution is 9.10. The number of piperazine rings is 2. The number of nitrogens with one attached hydrogen (secondary N) is 3. The van der Waals surface area contributed by atoms with E-state index in [1.165, 1.54) is 16.7 Å². The average Bonchev–Trinajstić information content (AvgIpc) is 4.35. The summed E-state index contributed by atoms with van der Waals surface area (Å²) in [6.07, 6.45) is 17.5. The number of halogens is 4. The lowest BCUT2D eigenvalue weighted by Crippen LogP contribution is -2.60. The molecular formula is C63H64Br2Cl2N12O4. The molecule has 8 aromatic rings. The Labute approximate surface area is 510 Å². The van der Waals surface area contributed by atoms with Gasteiger partial charge in [0.25, 0.3) is 0 Å². The largest absolute Gasteiger partial charge is 0.444 e. The number of rotatable bonds is 10. The minimum atomic E-state index is -0.802. The van der Waals surface area contributed by atoms with Crippen LogP contribution in [0.1, 0.15) is 88.8 Å². The molecule has 2 saturated heterocycles. The first-order valence-electron chi connectivity index (χ1n) is 27.8. The number of hydrogen-bond acceptors (Lipinski definition) is 11. The summed E-state index contributed by atoms with van der Waals surface area (Å²) in [6.45, 7) is 10.1. The molecular weight excluding hydrogens is 1220 g/mol. The molecule has 0 bridgehead atoms. The second kappa shape index (κ2) is 25.6. The SMILES string of the molecule is CC(C)(C)OC(=O)N1CCN(C2c3ccc(Cl)cc3CCc3cc(Br)cnc32)CC1C(=O)Nc1cccc(Cn2ccnc2)c1.O=C(Nc1cccc(Cn2ccnc2)c1)C1CN(C2c3ccc(Cl)cc3CCc3cc(Br)cnc32)CCN1. The van der Waals surface area contributed by atoms with E-state index in [1.54, 1.807) is 29.9 Å². The Hall–Kier alpha value is -6.77. The number of carbonyl (C=O) groups excluding carboxylic acids is 3. The molecule has 12 rings (SSSR count). The Balaban J connectivity index is 0.000000176. The minimum absolute atomic E-state index is 0.0382. The third kappa shape index (κ3) is 14.1. The Bertz CT molecular complexity index is 3530. The highest BCUT2D eigenvalue weighted by Crippen LogP contribution is 2.40. The molecule has 83 heavy (non-hydrogen) atoms. The number of carbonyl (C=O) groups is 3. The molecule has 4 unspecified atom stereocenters. The predicted octanol–water partition coefficient (Wildman–Crippen LogP) is 11.3. The zero-order valence-electron chi connectivity index (χ0n) is 46.3. The van der Waals surface area contributed by atoms with Gasteiger partial charge in [-0.3, -0.25) is 34.3 Å². The number of nitrogens with zero attached hydrogens (tertiary/aromatic N) is 9. The van der Waals surface area contributed by atoms with Crippen molar-refractivity contribution >= 4 is 84.3 Å². The number of aryl methyl sites for hydroxylation is 4. The zero-order valence-corrected chi connectivity index (χ0v) is 51.0. The Kier molecular flexibility index (Phi) is 17.9. The number of fused-ring (bicyclic) bond motifs is 4. The van der Waals surface area contributed by atoms with Gasteiger partial charge >= 0.3 is 6.09 Å². The van der Waals surface area contributed by atoms with Gasteiger partial charge in [-0.2, -0.15) is 0 Å². The fraction of sp³-hybridized carbons (Fsp3) is 0.317. The van der Waals surface area contributed by atoms with Gasteiger partial charge in [0, 0.05) is 120 Å². The van der Waals surface area contributed by atoms with Crippen LogP contribution < -0.4 is 16.0 Å². The number of anilines is 2.